The maximum atomic E-state index is 10.5. The van der Waals surface area contributed by atoms with E-state index >= 15 is 0 Å². The number of rotatable bonds is 2. The number of carbonyl (C=O) groups is 1. The Hall–Kier alpha value is -2.43. The third-order valence-electron chi connectivity index (χ3n) is 2.50. The van der Waals surface area contributed by atoms with Crippen LogP contribution < -0.4 is 5.32 Å². The van der Waals surface area contributed by atoms with E-state index in [1.807, 2.05) is 36.5 Å². The third-order valence-corrected chi connectivity index (χ3v) is 2.50. The average molecular weight is 212 g/mol. The summed E-state index contributed by atoms with van der Waals surface area (Å²) in [6, 6.07) is 9.86. The van der Waals surface area contributed by atoms with E-state index in [0.717, 1.165) is 16.3 Å². The van der Waals surface area contributed by atoms with E-state index in [2.05, 4.69) is 15.6 Å². The second-order valence-corrected chi connectivity index (χ2v) is 3.40. The number of fused-ring (bicyclic) bond motifs is 3. The molecule has 16 heavy (non-hydrogen) atoms. The molecule has 0 radical (unpaired) electrons. The minimum absolute atomic E-state index is 0.479. The number of carbonyl (C=O) groups excluding carboxylic acids is 1. The van der Waals surface area contributed by atoms with Crippen LogP contribution in [0.3, 0.4) is 0 Å². The van der Waals surface area contributed by atoms with Gasteiger partial charge in [0.05, 0.1) is 0 Å². The van der Waals surface area contributed by atoms with Gasteiger partial charge in [0.15, 0.2) is 5.82 Å². The number of benzene rings is 1. The first-order valence-electron chi connectivity index (χ1n) is 4.83. The van der Waals surface area contributed by atoms with Crippen molar-refractivity contribution in [1.82, 2.24) is 14.8 Å². The van der Waals surface area contributed by atoms with E-state index in [1.165, 1.54) is 0 Å². The van der Waals surface area contributed by atoms with Crippen LogP contribution in [0.2, 0.25) is 0 Å². The molecule has 1 aromatic carbocycles. The van der Waals surface area contributed by atoms with E-state index in [-0.39, 0.29) is 0 Å². The zero-order chi connectivity index (χ0) is 11.0. The quantitative estimate of drug-likeness (QED) is 0.654. The molecule has 2 aromatic heterocycles. The summed E-state index contributed by atoms with van der Waals surface area (Å²) in [4.78, 5) is 10.5. The molecule has 0 spiro atoms. The van der Waals surface area contributed by atoms with Crippen molar-refractivity contribution in [3.05, 3.63) is 36.5 Å². The van der Waals surface area contributed by atoms with Gasteiger partial charge in [0, 0.05) is 11.6 Å². The Morgan fingerprint density at radius 2 is 2.12 bits per heavy atom. The third kappa shape index (κ3) is 1.15. The number of hydrogen-bond acceptors (Lipinski definition) is 3. The molecule has 1 amide bonds. The predicted octanol–water partition coefficient (Wildman–Crippen LogP) is 1.45. The molecule has 78 valence electrons. The largest absolute Gasteiger partial charge is 0.310 e. The van der Waals surface area contributed by atoms with Crippen LogP contribution in [0, 0.1) is 0 Å². The highest BCUT2D eigenvalue weighted by Gasteiger charge is 2.08. The fraction of sp³-hybridized carbons (Fsp3) is 0. The molecule has 0 fully saturated rings. The van der Waals surface area contributed by atoms with Gasteiger partial charge in [-0.2, -0.15) is 0 Å². The van der Waals surface area contributed by atoms with Crippen molar-refractivity contribution in [2.75, 3.05) is 5.32 Å². The van der Waals surface area contributed by atoms with Crippen LogP contribution in [0.5, 0.6) is 0 Å². The summed E-state index contributed by atoms with van der Waals surface area (Å²) in [5, 5.41) is 12.5. The predicted molar refractivity (Wildman–Crippen MR) is 60.2 cm³/mol. The number of aromatic nitrogens is 3. The van der Waals surface area contributed by atoms with E-state index in [1.54, 1.807) is 4.52 Å². The molecule has 3 aromatic rings. The molecular weight excluding hydrogens is 204 g/mol. The summed E-state index contributed by atoms with van der Waals surface area (Å²) >= 11 is 0. The molecule has 0 atom stereocenters. The van der Waals surface area contributed by atoms with Crippen LogP contribution >= 0.6 is 0 Å². The Morgan fingerprint density at radius 3 is 3.00 bits per heavy atom. The van der Waals surface area contributed by atoms with Gasteiger partial charge in [0.2, 0.25) is 6.41 Å². The number of nitrogens with one attached hydrogen (secondary N) is 1. The van der Waals surface area contributed by atoms with Crippen LogP contribution in [-0.4, -0.2) is 21.2 Å². The van der Waals surface area contributed by atoms with Crippen molar-refractivity contribution in [2.45, 2.75) is 0 Å². The highest BCUT2D eigenvalue weighted by Crippen LogP contribution is 2.23. The molecule has 5 heteroatoms. The van der Waals surface area contributed by atoms with Crippen LogP contribution in [0.1, 0.15) is 0 Å². The fourth-order valence-electron chi connectivity index (χ4n) is 1.81. The van der Waals surface area contributed by atoms with Crippen LogP contribution in [0.4, 0.5) is 5.82 Å². The molecular formula is C11H8N4O. The van der Waals surface area contributed by atoms with Crippen molar-refractivity contribution >= 4 is 28.5 Å². The lowest BCUT2D eigenvalue weighted by atomic mass is 10.1. The maximum Gasteiger partial charge on any atom is 0.212 e. The summed E-state index contributed by atoms with van der Waals surface area (Å²) in [6.45, 7) is 0. The van der Waals surface area contributed by atoms with Gasteiger partial charge < -0.3 is 5.32 Å². The molecule has 0 aliphatic rings. The van der Waals surface area contributed by atoms with Crippen molar-refractivity contribution in [3.63, 3.8) is 0 Å². The summed E-state index contributed by atoms with van der Waals surface area (Å²) < 4.78 is 1.65. The van der Waals surface area contributed by atoms with E-state index in [0.29, 0.717) is 12.2 Å². The average Bonchev–Trinajstić information content (AvgIpc) is 2.73. The first-order valence-corrected chi connectivity index (χ1v) is 4.83. The lowest BCUT2D eigenvalue weighted by molar-refractivity contribution is -0.105. The van der Waals surface area contributed by atoms with Gasteiger partial charge in [-0.15, -0.1) is 5.10 Å². The zero-order valence-corrected chi connectivity index (χ0v) is 8.29. The van der Waals surface area contributed by atoms with E-state index in [9.17, 15) is 4.79 Å². The number of nitrogens with zero attached hydrogens (tertiary/aromatic N) is 3. The van der Waals surface area contributed by atoms with Crippen molar-refractivity contribution < 1.29 is 4.79 Å². The molecule has 3 rings (SSSR count). The van der Waals surface area contributed by atoms with Gasteiger partial charge in [-0.25, -0.2) is 4.52 Å². The minimum atomic E-state index is 0.479. The molecule has 0 bridgehead atoms. The monoisotopic (exact) mass is 212 g/mol. The standard InChI is InChI=1S/C11H8N4O/c16-7-12-11-10-9-4-2-1-3-8(9)5-6-15(10)14-13-11/h1-7H,(H,12,16). The lowest BCUT2D eigenvalue weighted by Crippen LogP contribution is -1.94. The number of hydrogen-bond donors (Lipinski definition) is 1. The van der Waals surface area contributed by atoms with Gasteiger partial charge in [-0.3, -0.25) is 4.79 Å². The smallest absolute Gasteiger partial charge is 0.212 e. The molecule has 0 aliphatic heterocycles. The Morgan fingerprint density at radius 1 is 1.25 bits per heavy atom. The lowest BCUT2D eigenvalue weighted by Gasteiger charge is -2.00. The van der Waals surface area contributed by atoms with E-state index in [4.69, 9.17) is 0 Å². The van der Waals surface area contributed by atoms with E-state index < -0.39 is 0 Å². The molecule has 2 heterocycles. The molecule has 1 N–H and O–H groups in total. The number of amides is 1. The summed E-state index contributed by atoms with van der Waals surface area (Å²) in [7, 11) is 0. The first-order chi connectivity index (χ1) is 7.90. The van der Waals surface area contributed by atoms with Gasteiger partial charge in [-0.05, 0) is 11.5 Å². The maximum absolute atomic E-state index is 10.5. The molecule has 5 nitrogen and oxygen atoms in total. The van der Waals surface area contributed by atoms with Crippen LogP contribution in [-0.2, 0) is 4.79 Å². The fourth-order valence-corrected chi connectivity index (χ4v) is 1.81. The van der Waals surface area contributed by atoms with Crippen LogP contribution in [0.15, 0.2) is 36.5 Å². The Balaban J connectivity index is 2.46. The number of pyridine rings is 1. The Labute approximate surface area is 90.7 Å². The van der Waals surface area contributed by atoms with Gasteiger partial charge in [0.1, 0.15) is 5.52 Å². The minimum Gasteiger partial charge on any atom is -0.310 e. The summed E-state index contributed by atoms with van der Waals surface area (Å²) in [6.07, 6.45) is 2.42. The Kier molecular flexibility index (Phi) is 1.83. The van der Waals surface area contributed by atoms with Gasteiger partial charge in [0.25, 0.3) is 0 Å². The number of anilines is 1. The summed E-state index contributed by atoms with van der Waals surface area (Å²) in [5.74, 6) is 0.479. The highest BCUT2D eigenvalue weighted by atomic mass is 16.1. The highest BCUT2D eigenvalue weighted by molar-refractivity contribution is 6.01. The molecule has 0 saturated carbocycles. The SMILES string of the molecule is O=CNc1nnn2ccc3ccccc3c12. The van der Waals surface area contributed by atoms with Gasteiger partial charge >= 0.3 is 0 Å². The molecule has 0 aliphatic carbocycles. The van der Waals surface area contributed by atoms with Gasteiger partial charge in [-0.1, -0.05) is 29.5 Å². The van der Waals surface area contributed by atoms with Crippen molar-refractivity contribution in [3.8, 4) is 0 Å². The second kappa shape index (κ2) is 3.30. The second-order valence-electron chi connectivity index (χ2n) is 3.40. The summed E-state index contributed by atoms with van der Waals surface area (Å²) in [5.41, 5.74) is 0.810. The topological polar surface area (TPSA) is 59.3 Å². The zero-order valence-electron chi connectivity index (χ0n) is 8.29. The first kappa shape index (κ1) is 8.84. The molecule has 0 saturated heterocycles. The van der Waals surface area contributed by atoms with Crippen molar-refractivity contribution in [2.24, 2.45) is 0 Å². The van der Waals surface area contributed by atoms with Crippen molar-refractivity contribution in [1.29, 1.82) is 0 Å². The molecule has 0 unspecified atom stereocenters. The normalized spacial score (nSPS) is 10.8. The van der Waals surface area contributed by atoms with Crippen LogP contribution in [0.25, 0.3) is 16.3 Å². The Bertz CT molecular complexity index is 674.